The van der Waals surface area contributed by atoms with Crippen LogP contribution < -0.4 is 5.43 Å². The quantitative estimate of drug-likeness (QED) is 0.309. The fourth-order valence-corrected chi connectivity index (χ4v) is 3.73. The topological polar surface area (TPSA) is 49.1 Å². The molecule has 0 rings (SSSR count). The standard InChI is InChI=1S/C13H24N4S4/c1-6-19-12(18)16-14-10(4)9-11(5)15-17-13(20-7-2)21-8-3/h6-9H2,1-5H3,(H,16,18)/b14-10+,15-11+. The van der Waals surface area contributed by atoms with Gasteiger partial charge < -0.3 is 0 Å². The van der Waals surface area contributed by atoms with Crippen molar-refractivity contribution >= 4 is 67.6 Å². The molecule has 0 fully saturated rings. The Morgan fingerprint density at radius 1 is 0.905 bits per heavy atom. The molecule has 0 aliphatic heterocycles. The summed E-state index contributed by atoms with van der Waals surface area (Å²) in [7, 11) is 0. The minimum Gasteiger partial charge on any atom is -0.262 e. The van der Waals surface area contributed by atoms with Crippen LogP contribution in [0.4, 0.5) is 0 Å². The second-order valence-electron chi connectivity index (χ2n) is 3.92. The van der Waals surface area contributed by atoms with E-state index in [1.807, 2.05) is 13.8 Å². The Morgan fingerprint density at radius 2 is 1.48 bits per heavy atom. The molecule has 4 nitrogen and oxygen atoms in total. The van der Waals surface area contributed by atoms with Gasteiger partial charge in [-0.25, -0.2) is 0 Å². The highest BCUT2D eigenvalue weighted by Crippen LogP contribution is 2.16. The first-order valence-corrected chi connectivity index (χ1v) is 10.2. The summed E-state index contributed by atoms with van der Waals surface area (Å²) >= 11 is 10.1. The number of rotatable bonds is 7. The lowest BCUT2D eigenvalue weighted by atomic mass is 10.2. The van der Waals surface area contributed by atoms with E-state index in [1.54, 1.807) is 35.3 Å². The smallest absolute Gasteiger partial charge is 0.154 e. The van der Waals surface area contributed by atoms with Gasteiger partial charge in [0, 0.05) is 17.8 Å². The summed E-state index contributed by atoms with van der Waals surface area (Å²) in [6, 6.07) is 0. The minimum absolute atomic E-state index is 0.691. The number of hydrogen-bond donors (Lipinski definition) is 1. The molecule has 0 aromatic carbocycles. The van der Waals surface area contributed by atoms with Crippen LogP contribution in [0.1, 0.15) is 41.0 Å². The summed E-state index contributed by atoms with van der Waals surface area (Å²) in [5.74, 6) is 2.97. The van der Waals surface area contributed by atoms with Crippen molar-refractivity contribution in [3.63, 3.8) is 0 Å². The van der Waals surface area contributed by atoms with Crippen LogP contribution in [0, 0.1) is 0 Å². The maximum absolute atomic E-state index is 5.12. The Bertz CT molecular complexity index is 397. The van der Waals surface area contributed by atoms with Crippen LogP contribution in [-0.4, -0.2) is 37.4 Å². The molecule has 0 heterocycles. The summed E-state index contributed by atoms with van der Waals surface area (Å²) in [5.41, 5.74) is 4.76. The van der Waals surface area contributed by atoms with Crippen LogP contribution in [0.5, 0.6) is 0 Å². The monoisotopic (exact) mass is 364 g/mol. The van der Waals surface area contributed by atoms with Crippen LogP contribution in [0.15, 0.2) is 15.3 Å². The first kappa shape index (κ1) is 20.9. The Labute approximate surface area is 146 Å². The molecule has 0 aromatic heterocycles. The SMILES string of the molecule is CCSC(=S)N/N=C(\C)C/C(C)=N/N=C(SCC)SCC. The number of hydrogen-bond acceptors (Lipinski definition) is 7. The molecule has 0 atom stereocenters. The summed E-state index contributed by atoms with van der Waals surface area (Å²) in [4.78, 5) is 0. The van der Waals surface area contributed by atoms with Crippen LogP contribution >= 0.6 is 47.5 Å². The fourth-order valence-electron chi connectivity index (χ4n) is 1.22. The zero-order valence-electron chi connectivity index (χ0n) is 13.3. The third-order valence-electron chi connectivity index (χ3n) is 1.96. The van der Waals surface area contributed by atoms with Crippen molar-refractivity contribution in [2.24, 2.45) is 15.3 Å². The Morgan fingerprint density at radius 3 is 2.00 bits per heavy atom. The van der Waals surface area contributed by atoms with Crippen molar-refractivity contribution in [2.45, 2.75) is 41.0 Å². The number of nitrogens with one attached hydrogen (secondary N) is 1. The number of thioether (sulfide) groups is 3. The van der Waals surface area contributed by atoms with E-state index in [0.717, 1.165) is 33.1 Å². The van der Waals surface area contributed by atoms with Crippen molar-refractivity contribution in [1.29, 1.82) is 0 Å². The minimum atomic E-state index is 0.691. The third-order valence-corrected chi connectivity index (χ3v) is 4.99. The summed E-state index contributed by atoms with van der Waals surface area (Å²) in [6.45, 7) is 10.2. The van der Waals surface area contributed by atoms with Crippen LogP contribution in [0.2, 0.25) is 0 Å². The van der Waals surface area contributed by atoms with Gasteiger partial charge in [-0.3, -0.25) is 5.43 Å². The van der Waals surface area contributed by atoms with E-state index in [1.165, 1.54) is 0 Å². The molecule has 0 aliphatic rings. The molecular weight excluding hydrogens is 340 g/mol. The van der Waals surface area contributed by atoms with E-state index in [9.17, 15) is 0 Å². The lowest BCUT2D eigenvalue weighted by molar-refractivity contribution is 1.05. The lowest BCUT2D eigenvalue weighted by Gasteiger charge is -2.03. The first-order valence-electron chi connectivity index (χ1n) is 6.86. The number of nitrogens with zero attached hydrogens (tertiary/aromatic N) is 3. The van der Waals surface area contributed by atoms with E-state index in [0.29, 0.717) is 10.7 Å². The summed E-state index contributed by atoms with van der Waals surface area (Å²) in [5, 5.41) is 12.8. The Hall–Kier alpha value is -0.0500. The molecule has 0 amide bonds. The van der Waals surface area contributed by atoms with Gasteiger partial charge in [0.05, 0.1) is 0 Å². The highest BCUT2D eigenvalue weighted by molar-refractivity contribution is 8.38. The molecule has 0 aliphatic carbocycles. The summed E-state index contributed by atoms with van der Waals surface area (Å²) in [6.07, 6.45) is 0.691. The second-order valence-corrected chi connectivity index (χ2v) is 8.63. The fraction of sp³-hybridized carbons (Fsp3) is 0.692. The lowest BCUT2D eigenvalue weighted by Crippen LogP contribution is -2.14. The van der Waals surface area contributed by atoms with Gasteiger partial charge in [-0.2, -0.15) is 10.2 Å². The Balaban J connectivity index is 4.46. The molecule has 0 saturated carbocycles. The van der Waals surface area contributed by atoms with Crippen molar-refractivity contribution in [1.82, 2.24) is 5.43 Å². The van der Waals surface area contributed by atoms with Gasteiger partial charge in [-0.1, -0.05) is 68.3 Å². The van der Waals surface area contributed by atoms with E-state index >= 15 is 0 Å². The molecule has 0 aromatic rings. The van der Waals surface area contributed by atoms with E-state index in [4.69, 9.17) is 12.2 Å². The molecule has 1 N–H and O–H groups in total. The normalized spacial score (nSPS) is 12.2. The largest absolute Gasteiger partial charge is 0.262 e. The number of thiocarbonyl (C=S) groups is 1. The molecule has 0 radical (unpaired) electrons. The van der Waals surface area contributed by atoms with Gasteiger partial charge in [0.15, 0.2) is 8.70 Å². The third kappa shape index (κ3) is 12.2. The van der Waals surface area contributed by atoms with Gasteiger partial charge in [-0.05, 0) is 31.1 Å². The van der Waals surface area contributed by atoms with Gasteiger partial charge in [0.1, 0.15) is 0 Å². The molecule has 0 unspecified atom stereocenters. The van der Waals surface area contributed by atoms with Crippen molar-refractivity contribution < 1.29 is 0 Å². The van der Waals surface area contributed by atoms with E-state index < -0.39 is 0 Å². The molecule has 0 spiro atoms. The maximum Gasteiger partial charge on any atom is 0.154 e. The first-order chi connectivity index (χ1) is 10.0. The molecule has 0 bridgehead atoms. The van der Waals surface area contributed by atoms with E-state index in [2.05, 4.69) is 41.5 Å². The van der Waals surface area contributed by atoms with Crippen molar-refractivity contribution in [2.75, 3.05) is 17.3 Å². The zero-order chi connectivity index (χ0) is 16.1. The summed E-state index contributed by atoms with van der Waals surface area (Å²) < 4.78 is 1.72. The van der Waals surface area contributed by atoms with Gasteiger partial charge in [-0.15, -0.1) is 5.10 Å². The number of hydrazone groups is 1. The highest BCUT2D eigenvalue weighted by Gasteiger charge is 2.00. The van der Waals surface area contributed by atoms with Gasteiger partial charge in [0.25, 0.3) is 0 Å². The molecule has 0 saturated heterocycles. The van der Waals surface area contributed by atoms with Crippen LogP contribution in [0.25, 0.3) is 0 Å². The van der Waals surface area contributed by atoms with Crippen molar-refractivity contribution in [3.8, 4) is 0 Å². The van der Waals surface area contributed by atoms with Crippen molar-refractivity contribution in [3.05, 3.63) is 0 Å². The molecule has 120 valence electrons. The molecular formula is C13H24N4S4. The Kier molecular flexibility index (Phi) is 13.6. The average molecular weight is 365 g/mol. The maximum atomic E-state index is 5.12. The van der Waals surface area contributed by atoms with Crippen LogP contribution in [0.3, 0.4) is 0 Å². The van der Waals surface area contributed by atoms with Gasteiger partial charge in [0.2, 0.25) is 0 Å². The van der Waals surface area contributed by atoms with Crippen LogP contribution in [-0.2, 0) is 0 Å². The molecule has 8 heteroatoms. The highest BCUT2D eigenvalue weighted by atomic mass is 32.2. The zero-order valence-corrected chi connectivity index (χ0v) is 16.6. The second kappa shape index (κ2) is 13.6. The van der Waals surface area contributed by atoms with Gasteiger partial charge >= 0.3 is 0 Å². The van der Waals surface area contributed by atoms with E-state index in [-0.39, 0.29) is 0 Å². The predicted octanol–water partition coefficient (Wildman–Crippen LogP) is 4.62. The molecule has 21 heavy (non-hydrogen) atoms. The average Bonchev–Trinajstić information content (AvgIpc) is 2.43. The predicted molar refractivity (Wildman–Crippen MR) is 108 cm³/mol.